The van der Waals surface area contributed by atoms with Gasteiger partial charge in [0.25, 0.3) is 11.5 Å². The quantitative estimate of drug-likeness (QED) is 0.698. The van der Waals surface area contributed by atoms with Crippen molar-refractivity contribution in [1.29, 1.82) is 0 Å². The Kier molecular flexibility index (Phi) is 4.52. The number of piperazine rings is 1. The molecular weight excluding hydrogens is 350 g/mol. The van der Waals surface area contributed by atoms with Crippen molar-refractivity contribution in [2.75, 3.05) is 26.2 Å². The maximum absolute atomic E-state index is 12.6. The van der Waals surface area contributed by atoms with Crippen LogP contribution >= 0.6 is 11.3 Å². The van der Waals surface area contributed by atoms with Crippen LogP contribution in [0.15, 0.2) is 40.6 Å². The third-order valence-corrected chi connectivity index (χ3v) is 5.27. The molecule has 0 radical (unpaired) electrons. The summed E-state index contributed by atoms with van der Waals surface area (Å²) < 4.78 is 1.56. The third-order valence-electron chi connectivity index (χ3n) is 4.51. The maximum atomic E-state index is 12.6. The number of carbonyl (C=O) groups excluding carboxylic acids is 1. The van der Waals surface area contributed by atoms with Gasteiger partial charge in [-0.3, -0.25) is 18.9 Å². The SMILES string of the molecule is Cc1cccc(C(=O)N2CCN(Cc3cc(=O)n4ccsc4n3)CC2)n1. The van der Waals surface area contributed by atoms with E-state index in [0.29, 0.717) is 30.3 Å². The van der Waals surface area contributed by atoms with Crippen molar-refractivity contribution in [3.05, 3.63) is 63.3 Å². The summed E-state index contributed by atoms with van der Waals surface area (Å²) in [4.78, 5) is 38.3. The van der Waals surface area contributed by atoms with Gasteiger partial charge in [-0.15, -0.1) is 11.3 Å². The Hall–Kier alpha value is -2.58. The summed E-state index contributed by atoms with van der Waals surface area (Å²) in [5.74, 6) is -0.0234. The van der Waals surface area contributed by atoms with E-state index in [9.17, 15) is 9.59 Å². The zero-order valence-electron chi connectivity index (χ0n) is 14.5. The van der Waals surface area contributed by atoms with E-state index in [0.717, 1.165) is 24.5 Å². The van der Waals surface area contributed by atoms with E-state index in [1.165, 1.54) is 11.3 Å². The highest BCUT2D eigenvalue weighted by Crippen LogP contribution is 2.12. The first-order chi connectivity index (χ1) is 12.6. The average Bonchev–Trinajstić information content (AvgIpc) is 3.11. The van der Waals surface area contributed by atoms with Crippen molar-refractivity contribution in [3.63, 3.8) is 0 Å². The number of hydrogen-bond donors (Lipinski definition) is 0. The smallest absolute Gasteiger partial charge is 0.272 e. The van der Waals surface area contributed by atoms with Gasteiger partial charge in [-0.2, -0.15) is 0 Å². The topological polar surface area (TPSA) is 70.8 Å². The zero-order chi connectivity index (χ0) is 18.1. The number of hydrogen-bond acceptors (Lipinski definition) is 6. The summed E-state index contributed by atoms with van der Waals surface area (Å²) in [5.41, 5.74) is 2.07. The van der Waals surface area contributed by atoms with Crippen LogP contribution in [0.1, 0.15) is 21.9 Å². The van der Waals surface area contributed by atoms with Gasteiger partial charge in [0.2, 0.25) is 0 Å². The first kappa shape index (κ1) is 16.9. The second-order valence-corrected chi connectivity index (χ2v) is 7.25. The number of fused-ring (bicyclic) bond motifs is 1. The Morgan fingerprint density at radius 1 is 1.19 bits per heavy atom. The van der Waals surface area contributed by atoms with Gasteiger partial charge >= 0.3 is 0 Å². The van der Waals surface area contributed by atoms with Gasteiger partial charge in [0.1, 0.15) is 5.69 Å². The molecule has 0 N–H and O–H groups in total. The molecule has 0 saturated carbocycles. The molecule has 26 heavy (non-hydrogen) atoms. The van der Waals surface area contributed by atoms with Gasteiger partial charge in [0.15, 0.2) is 4.96 Å². The highest BCUT2D eigenvalue weighted by Gasteiger charge is 2.23. The Morgan fingerprint density at radius 2 is 2.00 bits per heavy atom. The zero-order valence-corrected chi connectivity index (χ0v) is 15.3. The summed E-state index contributed by atoms with van der Waals surface area (Å²) in [5, 5.41) is 1.86. The van der Waals surface area contributed by atoms with Gasteiger partial charge in [-0.25, -0.2) is 9.97 Å². The Morgan fingerprint density at radius 3 is 2.77 bits per heavy atom. The lowest BCUT2D eigenvalue weighted by atomic mass is 10.2. The van der Waals surface area contributed by atoms with Crippen molar-refractivity contribution < 1.29 is 4.79 Å². The predicted octanol–water partition coefficient (Wildman–Crippen LogP) is 1.42. The monoisotopic (exact) mass is 369 g/mol. The van der Waals surface area contributed by atoms with Crippen LogP contribution in [0.2, 0.25) is 0 Å². The van der Waals surface area contributed by atoms with Crippen LogP contribution in [-0.2, 0) is 6.54 Å². The normalized spacial score (nSPS) is 15.5. The van der Waals surface area contributed by atoms with Gasteiger partial charge in [0.05, 0.1) is 5.69 Å². The first-order valence-electron chi connectivity index (χ1n) is 8.51. The number of thiazole rings is 1. The van der Waals surface area contributed by atoms with Gasteiger partial charge in [-0.1, -0.05) is 6.07 Å². The molecule has 0 unspecified atom stereocenters. The summed E-state index contributed by atoms with van der Waals surface area (Å²) in [7, 11) is 0. The summed E-state index contributed by atoms with van der Waals surface area (Å²) in [6, 6.07) is 7.09. The van der Waals surface area contributed by atoms with Crippen molar-refractivity contribution in [2.45, 2.75) is 13.5 Å². The molecule has 1 aliphatic rings. The van der Waals surface area contributed by atoms with Crippen LogP contribution < -0.4 is 5.56 Å². The number of pyridine rings is 1. The van der Waals surface area contributed by atoms with Crippen molar-refractivity contribution >= 4 is 22.2 Å². The van der Waals surface area contributed by atoms with E-state index in [4.69, 9.17) is 0 Å². The second-order valence-electron chi connectivity index (χ2n) is 6.37. The van der Waals surface area contributed by atoms with Crippen LogP contribution in [-0.4, -0.2) is 56.3 Å². The molecule has 1 amide bonds. The van der Waals surface area contributed by atoms with Gasteiger partial charge < -0.3 is 4.90 Å². The second kappa shape index (κ2) is 6.97. The van der Waals surface area contributed by atoms with E-state index >= 15 is 0 Å². The lowest BCUT2D eigenvalue weighted by molar-refractivity contribution is 0.0621. The molecule has 1 aliphatic heterocycles. The minimum Gasteiger partial charge on any atom is -0.335 e. The fraction of sp³-hybridized carbons (Fsp3) is 0.333. The highest BCUT2D eigenvalue weighted by molar-refractivity contribution is 7.15. The Labute approximate surface area is 154 Å². The molecule has 134 valence electrons. The van der Waals surface area contributed by atoms with Gasteiger partial charge in [-0.05, 0) is 19.1 Å². The molecule has 4 rings (SSSR count). The van der Waals surface area contributed by atoms with Crippen LogP contribution in [0.5, 0.6) is 0 Å². The fourth-order valence-electron chi connectivity index (χ4n) is 3.13. The molecule has 3 aromatic rings. The minimum atomic E-state index is -0.0504. The van der Waals surface area contributed by atoms with E-state index in [1.807, 2.05) is 29.3 Å². The molecule has 1 saturated heterocycles. The van der Waals surface area contributed by atoms with Crippen molar-refractivity contribution in [1.82, 2.24) is 24.2 Å². The molecule has 1 fully saturated rings. The average molecular weight is 369 g/mol. The number of aryl methyl sites for hydroxylation is 1. The highest BCUT2D eigenvalue weighted by atomic mass is 32.1. The molecule has 0 atom stereocenters. The molecule has 0 aliphatic carbocycles. The summed E-state index contributed by atoms with van der Waals surface area (Å²) in [6.45, 7) is 5.30. The van der Waals surface area contributed by atoms with Crippen LogP contribution in [0.4, 0.5) is 0 Å². The molecule has 0 spiro atoms. The van der Waals surface area contributed by atoms with E-state index < -0.39 is 0 Å². The van der Waals surface area contributed by atoms with E-state index in [1.54, 1.807) is 22.7 Å². The number of aromatic nitrogens is 3. The predicted molar refractivity (Wildman–Crippen MR) is 99.5 cm³/mol. The maximum Gasteiger partial charge on any atom is 0.272 e. The molecule has 0 aromatic carbocycles. The standard InChI is InChI=1S/C18H19N5O2S/c1-13-3-2-4-15(19-13)17(25)22-7-5-21(6-8-22)12-14-11-16(24)23-9-10-26-18(23)20-14/h2-4,9-11H,5-8,12H2,1H3. The minimum absolute atomic E-state index is 0.0234. The van der Waals surface area contributed by atoms with E-state index in [-0.39, 0.29) is 11.5 Å². The summed E-state index contributed by atoms with van der Waals surface area (Å²) >= 11 is 1.45. The number of amides is 1. The van der Waals surface area contributed by atoms with Crippen LogP contribution in [0.25, 0.3) is 4.96 Å². The molecular formula is C18H19N5O2S. The van der Waals surface area contributed by atoms with Crippen LogP contribution in [0.3, 0.4) is 0 Å². The number of carbonyl (C=O) groups is 1. The fourth-order valence-corrected chi connectivity index (χ4v) is 3.87. The van der Waals surface area contributed by atoms with E-state index in [2.05, 4.69) is 14.9 Å². The lowest BCUT2D eigenvalue weighted by Gasteiger charge is -2.34. The third kappa shape index (κ3) is 3.38. The summed E-state index contributed by atoms with van der Waals surface area (Å²) in [6.07, 6.45) is 1.74. The van der Waals surface area contributed by atoms with Crippen molar-refractivity contribution in [2.24, 2.45) is 0 Å². The molecule has 4 heterocycles. The van der Waals surface area contributed by atoms with Crippen LogP contribution in [0, 0.1) is 6.92 Å². The number of nitrogens with zero attached hydrogens (tertiary/aromatic N) is 5. The Balaban J connectivity index is 1.40. The molecule has 7 nitrogen and oxygen atoms in total. The largest absolute Gasteiger partial charge is 0.335 e. The van der Waals surface area contributed by atoms with Gasteiger partial charge in [0, 0.05) is 56.1 Å². The number of rotatable bonds is 3. The lowest BCUT2D eigenvalue weighted by Crippen LogP contribution is -2.48. The molecule has 8 heteroatoms. The molecule has 3 aromatic heterocycles. The van der Waals surface area contributed by atoms with Crippen molar-refractivity contribution in [3.8, 4) is 0 Å². The molecule has 0 bridgehead atoms. The Bertz CT molecular complexity index is 1000. The first-order valence-corrected chi connectivity index (χ1v) is 9.39.